The quantitative estimate of drug-likeness (QED) is 0.651. The Labute approximate surface area is 148 Å². The molecule has 8 heteroatoms. The highest BCUT2D eigenvalue weighted by Gasteiger charge is 2.32. The molecule has 0 bridgehead atoms. The molecule has 0 spiro atoms. The van der Waals surface area contributed by atoms with Crippen molar-refractivity contribution in [2.75, 3.05) is 17.2 Å². The maximum atomic E-state index is 12.2. The molecule has 1 N–H and O–H groups in total. The van der Waals surface area contributed by atoms with Crippen LogP contribution in [0.1, 0.15) is 6.42 Å². The summed E-state index contributed by atoms with van der Waals surface area (Å²) in [6.07, 6.45) is 3.53. The summed E-state index contributed by atoms with van der Waals surface area (Å²) >= 11 is 7.40. The van der Waals surface area contributed by atoms with Gasteiger partial charge >= 0.3 is 0 Å². The number of hydrogen-bond donors (Lipinski definition) is 1. The minimum atomic E-state index is -0.224. The van der Waals surface area contributed by atoms with Gasteiger partial charge in [0.15, 0.2) is 5.16 Å². The van der Waals surface area contributed by atoms with Gasteiger partial charge in [0.05, 0.1) is 22.5 Å². The van der Waals surface area contributed by atoms with E-state index in [9.17, 15) is 9.59 Å². The van der Waals surface area contributed by atoms with Crippen LogP contribution in [0.2, 0.25) is 5.02 Å². The van der Waals surface area contributed by atoms with Crippen LogP contribution in [0.15, 0.2) is 47.9 Å². The first-order valence-electron chi connectivity index (χ1n) is 7.37. The molecule has 6 nitrogen and oxygen atoms in total. The smallest absolute Gasteiger partial charge is 0.230 e. The predicted octanol–water partition coefficient (Wildman–Crippen LogP) is 2.14. The van der Waals surface area contributed by atoms with E-state index in [0.29, 0.717) is 22.4 Å². The third kappa shape index (κ3) is 4.04. The number of para-hydroxylation sites is 1. The van der Waals surface area contributed by atoms with Gasteiger partial charge in [0, 0.05) is 25.4 Å². The fourth-order valence-corrected chi connectivity index (χ4v) is 3.32. The van der Waals surface area contributed by atoms with E-state index in [0.717, 1.165) is 0 Å². The van der Waals surface area contributed by atoms with E-state index in [1.165, 1.54) is 11.8 Å². The molecule has 0 aliphatic carbocycles. The molecule has 1 aromatic heterocycles. The van der Waals surface area contributed by atoms with E-state index < -0.39 is 0 Å². The molecule has 1 saturated heterocycles. The first kappa shape index (κ1) is 16.7. The number of thioether (sulfide) groups is 1. The van der Waals surface area contributed by atoms with Gasteiger partial charge in [-0.05, 0) is 18.2 Å². The zero-order valence-corrected chi connectivity index (χ0v) is 14.3. The van der Waals surface area contributed by atoms with Gasteiger partial charge in [-0.2, -0.15) is 0 Å². The molecule has 1 aliphatic rings. The van der Waals surface area contributed by atoms with Crippen LogP contribution in [-0.4, -0.2) is 40.1 Å². The summed E-state index contributed by atoms with van der Waals surface area (Å²) in [6, 6.07) is 8.68. The second-order valence-electron chi connectivity index (χ2n) is 5.24. The summed E-state index contributed by atoms with van der Waals surface area (Å²) in [5, 5.41) is 3.95. The number of carbonyl (C=O) groups excluding carboxylic acids is 2. The van der Waals surface area contributed by atoms with Gasteiger partial charge in [-0.3, -0.25) is 9.59 Å². The van der Waals surface area contributed by atoms with E-state index in [2.05, 4.69) is 15.3 Å². The minimum Gasteiger partial charge on any atom is -0.350 e. The van der Waals surface area contributed by atoms with E-state index in [-0.39, 0.29) is 30.0 Å². The number of anilines is 1. The second-order valence-corrected chi connectivity index (χ2v) is 6.59. The Balaban J connectivity index is 1.54. The number of aromatic nitrogens is 2. The Morgan fingerprint density at radius 2 is 2.04 bits per heavy atom. The van der Waals surface area contributed by atoms with Crippen LogP contribution in [0.3, 0.4) is 0 Å². The van der Waals surface area contributed by atoms with Crippen molar-refractivity contribution in [2.45, 2.75) is 17.6 Å². The summed E-state index contributed by atoms with van der Waals surface area (Å²) < 4.78 is 0. The standard InChI is InChI=1S/C16H15ClN4O2S/c17-12-4-1-2-5-13(12)21-9-11(8-15(21)23)20-14(22)10-24-16-18-6-3-7-19-16/h1-7,11H,8-10H2,(H,20,22). The van der Waals surface area contributed by atoms with Gasteiger partial charge in [0.1, 0.15) is 0 Å². The molecule has 1 fully saturated rings. The number of carbonyl (C=O) groups is 2. The monoisotopic (exact) mass is 362 g/mol. The maximum Gasteiger partial charge on any atom is 0.230 e. The van der Waals surface area contributed by atoms with Crippen LogP contribution in [0.5, 0.6) is 0 Å². The van der Waals surface area contributed by atoms with Crippen LogP contribution in [0, 0.1) is 0 Å². The van der Waals surface area contributed by atoms with Crippen LogP contribution in [0.4, 0.5) is 5.69 Å². The average molecular weight is 363 g/mol. The lowest BCUT2D eigenvalue weighted by Gasteiger charge is -2.18. The van der Waals surface area contributed by atoms with Gasteiger partial charge in [-0.1, -0.05) is 35.5 Å². The van der Waals surface area contributed by atoms with Gasteiger partial charge in [0.2, 0.25) is 11.8 Å². The number of nitrogens with one attached hydrogen (secondary N) is 1. The highest BCUT2D eigenvalue weighted by molar-refractivity contribution is 7.99. The largest absolute Gasteiger partial charge is 0.350 e. The number of rotatable bonds is 5. The summed E-state index contributed by atoms with van der Waals surface area (Å²) in [5.41, 5.74) is 0.674. The van der Waals surface area contributed by atoms with Gasteiger partial charge < -0.3 is 10.2 Å². The van der Waals surface area contributed by atoms with Crippen LogP contribution < -0.4 is 10.2 Å². The summed E-state index contributed by atoms with van der Waals surface area (Å²) in [6.45, 7) is 0.417. The van der Waals surface area contributed by atoms with Crippen molar-refractivity contribution in [3.63, 3.8) is 0 Å². The first-order chi connectivity index (χ1) is 11.6. The lowest BCUT2D eigenvalue weighted by molar-refractivity contribution is -0.119. The first-order valence-corrected chi connectivity index (χ1v) is 8.74. The Hall–Kier alpha value is -2.12. The molecule has 0 saturated carbocycles. The van der Waals surface area contributed by atoms with E-state index in [4.69, 9.17) is 11.6 Å². The average Bonchev–Trinajstić information content (AvgIpc) is 2.94. The zero-order chi connectivity index (χ0) is 16.9. The zero-order valence-electron chi connectivity index (χ0n) is 12.7. The molecule has 24 heavy (non-hydrogen) atoms. The SMILES string of the molecule is O=C(CSc1ncccn1)NC1CC(=O)N(c2ccccc2Cl)C1. The molecular weight excluding hydrogens is 348 g/mol. The van der Waals surface area contributed by atoms with E-state index in [1.807, 2.05) is 12.1 Å². The van der Waals surface area contributed by atoms with Gasteiger partial charge in [-0.25, -0.2) is 9.97 Å². The molecule has 2 heterocycles. The number of benzene rings is 1. The maximum absolute atomic E-state index is 12.2. The molecule has 1 unspecified atom stereocenters. The number of amides is 2. The fraction of sp³-hybridized carbons (Fsp3) is 0.250. The topological polar surface area (TPSA) is 75.2 Å². The molecule has 2 aromatic rings. The second kappa shape index (κ2) is 7.63. The molecule has 3 rings (SSSR count). The van der Waals surface area contributed by atoms with Gasteiger partial charge in [-0.15, -0.1) is 0 Å². The third-order valence-corrected chi connectivity index (χ3v) is 4.70. The molecule has 1 aliphatic heterocycles. The van der Waals surface area contributed by atoms with E-state index >= 15 is 0 Å². The van der Waals surface area contributed by atoms with Crippen molar-refractivity contribution in [3.05, 3.63) is 47.7 Å². The molecular formula is C16H15ClN4O2S. The highest BCUT2D eigenvalue weighted by Crippen LogP contribution is 2.29. The van der Waals surface area contributed by atoms with Gasteiger partial charge in [0.25, 0.3) is 0 Å². The Morgan fingerprint density at radius 1 is 1.29 bits per heavy atom. The highest BCUT2D eigenvalue weighted by atomic mass is 35.5. The number of nitrogens with zero attached hydrogens (tertiary/aromatic N) is 3. The van der Waals surface area contributed by atoms with Crippen LogP contribution >= 0.6 is 23.4 Å². The van der Waals surface area contributed by atoms with Crippen molar-refractivity contribution in [2.24, 2.45) is 0 Å². The Bertz CT molecular complexity index is 744. The lowest BCUT2D eigenvalue weighted by Crippen LogP contribution is -2.38. The molecule has 1 atom stereocenters. The van der Waals surface area contributed by atoms with Crippen LogP contribution in [-0.2, 0) is 9.59 Å². The Morgan fingerprint density at radius 3 is 2.79 bits per heavy atom. The predicted molar refractivity (Wildman–Crippen MR) is 93.1 cm³/mol. The lowest BCUT2D eigenvalue weighted by atomic mass is 10.2. The normalized spacial score (nSPS) is 17.1. The van der Waals surface area contributed by atoms with Crippen molar-refractivity contribution in [1.82, 2.24) is 15.3 Å². The fourth-order valence-electron chi connectivity index (χ4n) is 2.47. The minimum absolute atomic E-state index is 0.0487. The van der Waals surface area contributed by atoms with Crippen LogP contribution in [0.25, 0.3) is 0 Å². The molecule has 0 radical (unpaired) electrons. The molecule has 124 valence electrons. The molecule has 2 amide bonds. The van der Waals surface area contributed by atoms with Crippen molar-refractivity contribution >= 4 is 40.9 Å². The summed E-state index contributed by atoms with van der Waals surface area (Å²) in [5.74, 6) is 0.0135. The molecule has 1 aromatic carbocycles. The summed E-state index contributed by atoms with van der Waals surface area (Å²) in [7, 11) is 0. The van der Waals surface area contributed by atoms with Crippen molar-refractivity contribution in [1.29, 1.82) is 0 Å². The number of halogens is 1. The van der Waals surface area contributed by atoms with Crippen molar-refractivity contribution in [3.8, 4) is 0 Å². The van der Waals surface area contributed by atoms with E-state index in [1.54, 1.807) is 35.5 Å². The number of hydrogen-bond acceptors (Lipinski definition) is 5. The summed E-state index contributed by atoms with van der Waals surface area (Å²) in [4.78, 5) is 33.9. The third-order valence-electron chi connectivity index (χ3n) is 3.51. The Kier molecular flexibility index (Phi) is 5.32. The van der Waals surface area contributed by atoms with Crippen molar-refractivity contribution < 1.29 is 9.59 Å².